The second-order valence-electron chi connectivity index (χ2n) is 6.53. The average molecular weight is 349 g/mol. The zero-order valence-corrected chi connectivity index (χ0v) is 14.8. The van der Waals surface area contributed by atoms with Crippen LogP contribution in [0.2, 0.25) is 0 Å². The summed E-state index contributed by atoms with van der Waals surface area (Å²) >= 11 is 0. The molecule has 0 aliphatic rings. The molecule has 0 aliphatic heterocycles. The lowest BCUT2D eigenvalue weighted by Crippen LogP contribution is -2.26. The molecule has 1 unspecified atom stereocenters. The molecule has 2 heteroatoms. The van der Waals surface area contributed by atoms with E-state index in [1.54, 1.807) is 0 Å². The van der Waals surface area contributed by atoms with E-state index in [9.17, 15) is 5.11 Å². The summed E-state index contributed by atoms with van der Waals surface area (Å²) in [6.07, 6.45) is 0.415. The van der Waals surface area contributed by atoms with E-state index in [-0.39, 0.29) is 0 Å². The van der Waals surface area contributed by atoms with Crippen LogP contribution in [0.15, 0.2) is 97.1 Å². The number of aromatic nitrogens is 1. The molecule has 0 saturated carbocycles. The highest BCUT2D eigenvalue weighted by atomic mass is 16.3. The van der Waals surface area contributed by atoms with Crippen LogP contribution in [0.3, 0.4) is 0 Å². The van der Waals surface area contributed by atoms with Crippen LogP contribution in [0, 0.1) is 11.8 Å². The number of pyridine rings is 1. The largest absolute Gasteiger partial charge is 0.373 e. The SMILES string of the molecule is OC(C#Cc1ccc2ccccc2n1)(Cc1ccccc1)c1ccccc1. The number of hydrogen-bond acceptors (Lipinski definition) is 2. The summed E-state index contributed by atoms with van der Waals surface area (Å²) in [6, 6.07) is 31.3. The Morgan fingerprint density at radius 3 is 2.19 bits per heavy atom. The Morgan fingerprint density at radius 2 is 1.41 bits per heavy atom. The molecule has 130 valence electrons. The molecule has 4 rings (SSSR count). The summed E-state index contributed by atoms with van der Waals surface area (Å²) in [5.41, 5.74) is 2.08. The first-order valence-corrected chi connectivity index (χ1v) is 8.94. The van der Waals surface area contributed by atoms with Gasteiger partial charge in [-0.1, -0.05) is 90.8 Å². The molecule has 0 radical (unpaired) electrons. The predicted molar refractivity (Wildman–Crippen MR) is 109 cm³/mol. The summed E-state index contributed by atoms with van der Waals surface area (Å²) in [5, 5.41) is 12.5. The van der Waals surface area contributed by atoms with E-state index in [1.165, 1.54) is 0 Å². The van der Waals surface area contributed by atoms with Crippen molar-refractivity contribution in [3.05, 3.63) is 114 Å². The number of rotatable bonds is 3. The molecule has 3 aromatic carbocycles. The molecule has 4 aromatic rings. The maximum atomic E-state index is 11.4. The van der Waals surface area contributed by atoms with Gasteiger partial charge in [0.2, 0.25) is 0 Å². The van der Waals surface area contributed by atoms with Gasteiger partial charge >= 0.3 is 0 Å². The van der Waals surface area contributed by atoms with Crippen LogP contribution in [0.4, 0.5) is 0 Å². The van der Waals surface area contributed by atoms with Gasteiger partial charge in [0, 0.05) is 11.8 Å². The summed E-state index contributed by atoms with van der Waals surface area (Å²) in [4.78, 5) is 4.59. The van der Waals surface area contributed by atoms with Crippen molar-refractivity contribution in [2.24, 2.45) is 0 Å². The van der Waals surface area contributed by atoms with Crippen molar-refractivity contribution in [3.63, 3.8) is 0 Å². The number of aliphatic hydroxyl groups is 1. The lowest BCUT2D eigenvalue weighted by atomic mass is 9.87. The third-order valence-corrected chi connectivity index (χ3v) is 4.55. The van der Waals surface area contributed by atoms with Crippen molar-refractivity contribution < 1.29 is 5.11 Å². The molecular formula is C25H19NO. The second kappa shape index (κ2) is 7.45. The van der Waals surface area contributed by atoms with Crippen LogP contribution in [-0.4, -0.2) is 10.1 Å². The minimum absolute atomic E-state index is 0.415. The standard InChI is InChI=1S/C25H19NO/c27-25(22-12-5-2-6-13-22,19-20-9-3-1-4-10-20)18-17-23-16-15-21-11-7-8-14-24(21)26-23/h1-16,27H,19H2. The van der Waals surface area contributed by atoms with E-state index >= 15 is 0 Å². The first-order valence-electron chi connectivity index (χ1n) is 8.94. The Hall–Kier alpha value is -3.41. The van der Waals surface area contributed by atoms with Crippen LogP contribution < -0.4 is 0 Å². The van der Waals surface area contributed by atoms with Gasteiger partial charge in [-0.3, -0.25) is 0 Å². The van der Waals surface area contributed by atoms with Crippen molar-refractivity contribution in [3.8, 4) is 11.8 Å². The fraction of sp³-hybridized carbons (Fsp3) is 0.0800. The van der Waals surface area contributed by atoms with Crippen molar-refractivity contribution in [1.29, 1.82) is 0 Å². The minimum Gasteiger partial charge on any atom is -0.373 e. The molecule has 27 heavy (non-hydrogen) atoms. The molecule has 2 nitrogen and oxygen atoms in total. The fourth-order valence-corrected chi connectivity index (χ4v) is 3.13. The average Bonchev–Trinajstić information content (AvgIpc) is 2.73. The van der Waals surface area contributed by atoms with E-state index < -0.39 is 5.60 Å². The minimum atomic E-state index is -1.28. The van der Waals surface area contributed by atoms with Gasteiger partial charge < -0.3 is 5.11 Å². The molecule has 1 atom stereocenters. The smallest absolute Gasteiger partial charge is 0.155 e. The molecule has 0 aliphatic carbocycles. The van der Waals surface area contributed by atoms with Crippen LogP contribution in [-0.2, 0) is 12.0 Å². The van der Waals surface area contributed by atoms with E-state index in [0.717, 1.165) is 22.0 Å². The number of para-hydroxylation sites is 1. The molecule has 0 amide bonds. The number of benzene rings is 3. The molecule has 0 saturated heterocycles. The lowest BCUT2D eigenvalue weighted by Gasteiger charge is -2.23. The van der Waals surface area contributed by atoms with E-state index in [4.69, 9.17) is 0 Å². The molecule has 0 bridgehead atoms. The number of hydrogen-bond donors (Lipinski definition) is 1. The maximum Gasteiger partial charge on any atom is 0.155 e. The van der Waals surface area contributed by atoms with Crippen LogP contribution in [0.25, 0.3) is 10.9 Å². The van der Waals surface area contributed by atoms with Gasteiger partial charge in [0.05, 0.1) is 5.52 Å². The summed E-state index contributed by atoms with van der Waals surface area (Å²) in [6.45, 7) is 0. The third kappa shape index (κ3) is 3.89. The Labute approximate surface area is 159 Å². The molecular weight excluding hydrogens is 330 g/mol. The second-order valence-corrected chi connectivity index (χ2v) is 6.53. The van der Waals surface area contributed by atoms with Crippen LogP contribution in [0.5, 0.6) is 0 Å². The molecule has 1 N–H and O–H groups in total. The van der Waals surface area contributed by atoms with Gasteiger partial charge in [-0.05, 0) is 29.2 Å². The maximum absolute atomic E-state index is 11.4. The molecule has 1 heterocycles. The van der Waals surface area contributed by atoms with Crippen molar-refractivity contribution in [2.75, 3.05) is 0 Å². The Bertz CT molecular complexity index is 1110. The van der Waals surface area contributed by atoms with Gasteiger partial charge in [0.25, 0.3) is 0 Å². The normalized spacial score (nSPS) is 12.8. The molecule has 0 fully saturated rings. The first-order chi connectivity index (χ1) is 13.2. The van der Waals surface area contributed by atoms with Crippen molar-refractivity contribution in [2.45, 2.75) is 12.0 Å². The van der Waals surface area contributed by atoms with Crippen LogP contribution in [0.1, 0.15) is 16.8 Å². The highest BCUT2D eigenvalue weighted by Gasteiger charge is 2.27. The number of nitrogens with zero attached hydrogens (tertiary/aromatic N) is 1. The van der Waals surface area contributed by atoms with E-state index in [1.807, 2.05) is 97.1 Å². The van der Waals surface area contributed by atoms with Gasteiger partial charge in [-0.25, -0.2) is 4.98 Å². The summed E-state index contributed by atoms with van der Waals surface area (Å²) < 4.78 is 0. The van der Waals surface area contributed by atoms with Gasteiger partial charge in [-0.2, -0.15) is 0 Å². The number of fused-ring (bicyclic) bond motifs is 1. The van der Waals surface area contributed by atoms with Crippen molar-refractivity contribution in [1.82, 2.24) is 4.98 Å². The zero-order valence-electron chi connectivity index (χ0n) is 14.8. The van der Waals surface area contributed by atoms with E-state index in [0.29, 0.717) is 12.1 Å². The highest BCUT2D eigenvalue weighted by Crippen LogP contribution is 2.25. The quantitative estimate of drug-likeness (QED) is 0.543. The Kier molecular flexibility index (Phi) is 4.70. The van der Waals surface area contributed by atoms with E-state index in [2.05, 4.69) is 16.8 Å². The monoisotopic (exact) mass is 349 g/mol. The first kappa shape index (κ1) is 17.0. The van der Waals surface area contributed by atoms with Gasteiger partial charge in [0.1, 0.15) is 5.69 Å². The molecule has 1 aromatic heterocycles. The Balaban J connectivity index is 1.74. The zero-order chi connectivity index (χ0) is 18.5. The van der Waals surface area contributed by atoms with Gasteiger partial charge in [-0.15, -0.1) is 0 Å². The third-order valence-electron chi connectivity index (χ3n) is 4.55. The fourth-order valence-electron chi connectivity index (χ4n) is 3.13. The lowest BCUT2D eigenvalue weighted by molar-refractivity contribution is 0.101. The topological polar surface area (TPSA) is 33.1 Å². The summed E-state index contributed by atoms with van der Waals surface area (Å²) in [7, 11) is 0. The Morgan fingerprint density at radius 1 is 0.741 bits per heavy atom. The summed E-state index contributed by atoms with van der Waals surface area (Å²) in [5.74, 6) is 6.17. The van der Waals surface area contributed by atoms with Gasteiger partial charge in [0.15, 0.2) is 5.60 Å². The highest BCUT2D eigenvalue weighted by molar-refractivity contribution is 5.78. The van der Waals surface area contributed by atoms with Crippen LogP contribution >= 0.6 is 0 Å². The predicted octanol–water partition coefficient (Wildman–Crippen LogP) is 4.72. The van der Waals surface area contributed by atoms with Crippen molar-refractivity contribution >= 4 is 10.9 Å². The molecule has 0 spiro atoms.